The molecule has 0 radical (unpaired) electrons. The molecule has 0 amide bonds. The molecule has 0 aromatic carbocycles. The van der Waals surface area contributed by atoms with E-state index in [4.69, 9.17) is 15.0 Å². The maximum atomic E-state index is 5.88. The molecule has 0 fully saturated rings. The van der Waals surface area contributed by atoms with Gasteiger partial charge in [-0.15, -0.1) is 0 Å². The molecule has 0 saturated heterocycles. The standard InChI is InChI=1S/C14H27N3O2/c1-5-11(10-15)9-12-16-13(17-19-12)14(6-2,7-3)18-8-4/h11H,5-10,15H2,1-4H3. The van der Waals surface area contributed by atoms with Crippen molar-refractivity contribution in [3.63, 3.8) is 0 Å². The third-order valence-corrected chi connectivity index (χ3v) is 3.81. The number of hydrogen-bond acceptors (Lipinski definition) is 5. The molecular formula is C14H27N3O2. The van der Waals surface area contributed by atoms with Crippen molar-refractivity contribution in [3.8, 4) is 0 Å². The summed E-state index contributed by atoms with van der Waals surface area (Å²) in [4.78, 5) is 4.52. The summed E-state index contributed by atoms with van der Waals surface area (Å²) in [5.74, 6) is 1.73. The van der Waals surface area contributed by atoms with Crippen molar-refractivity contribution >= 4 is 0 Å². The Hall–Kier alpha value is -0.940. The molecule has 1 rings (SSSR count). The quantitative estimate of drug-likeness (QED) is 0.746. The minimum absolute atomic E-state index is 0.401. The van der Waals surface area contributed by atoms with Gasteiger partial charge in [0.2, 0.25) is 11.7 Å². The maximum Gasteiger partial charge on any atom is 0.227 e. The number of ether oxygens (including phenoxy) is 1. The van der Waals surface area contributed by atoms with Crippen LogP contribution in [0, 0.1) is 5.92 Å². The molecule has 2 N–H and O–H groups in total. The van der Waals surface area contributed by atoms with Gasteiger partial charge in [0.25, 0.3) is 0 Å². The van der Waals surface area contributed by atoms with E-state index in [1.54, 1.807) is 0 Å². The van der Waals surface area contributed by atoms with Crippen LogP contribution < -0.4 is 5.73 Å². The zero-order chi connectivity index (χ0) is 14.3. The van der Waals surface area contributed by atoms with Crippen LogP contribution in [0.15, 0.2) is 4.52 Å². The van der Waals surface area contributed by atoms with Gasteiger partial charge in [-0.05, 0) is 32.2 Å². The molecule has 5 nitrogen and oxygen atoms in total. The molecule has 0 aliphatic carbocycles. The number of aromatic nitrogens is 2. The number of nitrogens with zero attached hydrogens (tertiary/aromatic N) is 2. The predicted molar refractivity (Wildman–Crippen MR) is 74.7 cm³/mol. The first-order valence-electron chi connectivity index (χ1n) is 7.32. The lowest BCUT2D eigenvalue weighted by Crippen LogP contribution is -2.30. The lowest BCUT2D eigenvalue weighted by molar-refractivity contribution is -0.0583. The van der Waals surface area contributed by atoms with Crippen LogP contribution in [0.1, 0.15) is 58.7 Å². The highest BCUT2D eigenvalue weighted by Crippen LogP contribution is 2.31. The minimum Gasteiger partial charge on any atom is -0.367 e. The molecular weight excluding hydrogens is 242 g/mol. The van der Waals surface area contributed by atoms with Gasteiger partial charge in [0.05, 0.1) is 0 Å². The zero-order valence-electron chi connectivity index (χ0n) is 12.6. The molecule has 1 aromatic heterocycles. The van der Waals surface area contributed by atoms with Gasteiger partial charge in [-0.2, -0.15) is 4.98 Å². The summed E-state index contributed by atoms with van der Waals surface area (Å²) >= 11 is 0. The Labute approximate surface area is 115 Å². The minimum atomic E-state index is -0.416. The fourth-order valence-corrected chi connectivity index (χ4v) is 2.28. The normalized spacial score (nSPS) is 13.7. The monoisotopic (exact) mass is 269 g/mol. The van der Waals surface area contributed by atoms with E-state index in [0.29, 0.717) is 30.8 Å². The van der Waals surface area contributed by atoms with E-state index in [1.165, 1.54) is 0 Å². The van der Waals surface area contributed by atoms with E-state index >= 15 is 0 Å². The van der Waals surface area contributed by atoms with Gasteiger partial charge in [-0.3, -0.25) is 0 Å². The second-order valence-corrected chi connectivity index (χ2v) is 4.86. The Morgan fingerprint density at radius 1 is 1.26 bits per heavy atom. The summed E-state index contributed by atoms with van der Waals surface area (Å²) < 4.78 is 11.2. The fourth-order valence-electron chi connectivity index (χ4n) is 2.28. The van der Waals surface area contributed by atoms with Gasteiger partial charge in [-0.1, -0.05) is 32.3 Å². The van der Waals surface area contributed by atoms with Crippen molar-refractivity contribution in [2.75, 3.05) is 13.2 Å². The Kier molecular flexibility index (Phi) is 6.45. The molecule has 0 saturated carbocycles. The number of hydrogen-bond donors (Lipinski definition) is 1. The molecule has 1 heterocycles. The first-order valence-corrected chi connectivity index (χ1v) is 7.32. The predicted octanol–water partition coefficient (Wildman–Crippen LogP) is 2.65. The zero-order valence-corrected chi connectivity index (χ0v) is 12.6. The summed E-state index contributed by atoms with van der Waals surface area (Å²) in [5.41, 5.74) is 5.29. The highest BCUT2D eigenvalue weighted by molar-refractivity contribution is 5.01. The topological polar surface area (TPSA) is 74.2 Å². The Balaban J connectivity index is 2.86. The highest BCUT2D eigenvalue weighted by atomic mass is 16.5. The van der Waals surface area contributed by atoms with Crippen LogP contribution in [0.4, 0.5) is 0 Å². The Bertz CT molecular complexity index is 357. The molecule has 5 heteroatoms. The molecule has 0 spiro atoms. The van der Waals surface area contributed by atoms with Crippen LogP contribution in [0.2, 0.25) is 0 Å². The van der Waals surface area contributed by atoms with Gasteiger partial charge < -0.3 is 15.0 Å². The van der Waals surface area contributed by atoms with Crippen LogP contribution in [0.3, 0.4) is 0 Å². The van der Waals surface area contributed by atoms with Crippen LogP contribution in [-0.4, -0.2) is 23.3 Å². The van der Waals surface area contributed by atoms with E-state index in [2.05, 4.69) is 30.9 Å². The number of nitrogens with two attached hydrogens (primary N) is 1. The van der Waals surface area contributed by atoms with Crippen molar-refractivity contribution in [1.29, 1.82) is 0 Å². The number of rotatable bonds is 9. The molecule has 19 heavy (non-hydrogen) atoms. The van der Waals surface area contributed by atoms with Crippen molar-refractivity contribution in [3.05, 3.63) is 11.7 Å². The third-order valence-electron chi connectivity index (χ3n) is 3.81. The second-order valence-electron chi connectivity index (χ2n) is 4.86. The summed E-state index contributed by atoms with van der Waals surface area (Å²) in [5, 5.41) is 4.12. The smallest absolute Gasteiger partial charge is 0.227 e. The second kappa shape index (κ2) is 7.60. The Morgan fingerprint density at radius 2 is 1.95 bits per heavy atom. The lowest BCUT2D eigenvalue weighted by Gasteiger charge is -2.27. The van der Waals surface area contributed by atoms with Gasteiger partial charge >= 0.3 is 0 Å². The summed E-state index contributed by atoms with van der Waals surface area (Å²) in [6, 6.07) is 0. The van der Waals surface area contributed by atoms with E-state index in [1.807, 2.05) is 6.92 Å². The molecule has 0 aliphatic rings. The molecule has 0 aliphatic heterocycles. The van der Waals surface area contributed by atoms with Gasteiger partial charge in [-0.25, -0.2) is 0 Å². The Morgan fingerprint density at radius 3 is 2.42 bits per heavy atom. The van der Waals surface area contributed by atoms with Gasteiger partial charge in [0.15, 0.2) is 0 Å². The first kappa shape index (κ1) is 16.1. The molecule has 1 atom stereocenters. The molecule has 1 aromatic rings. The fraction of sp³-hybridized carbons (Fsp3) is 0.857. The summed E-state index contributed by atoms with van der Waals surface area (Å²) in [7, 11) is 0. The SMILES string of the molecule is CCOC(CC)(CC)c1noc(CC(CC)CN)n1. The first-order chi connectivity index (χ1) is 9.15. The molecule has 1 unspecified atom stereocenters. The van der Waals surface area contributed by atoms with Crippen LogP contribution in [0.25, 0.3) is 0 Å². The average molecular weight is 269 g/mol. The summed E-state index contributed by atoms with van der Waals surface area (Å²) in [6.45, 7) is 9.58. The van der Waals surface area contributed by atoms with Crippen molar-refractivity contribution in [2.45, 2.75) is 59.0 Å². The lowest BCUT2D eigenvalue weighted by atomic mass is 9.96. The van der Waals surface area contributed by atoms with Crippen molar-refractivity contribution in [2.24, 2.45) is 11.7 Å². The molecule has 0 bridgehead atoms. The van der Waals surface area contributed by atoms with Crippen LogP contribution in [-0.2, 0) is 16.8 Å². The molecule has 110 valence electrons. The van der Waals surface area contributed by atoms with E-state index < -0.39 is 5.60 Å². The van der Waals surface area contributed by atoms with E-state index in [0.717, 1.165) is 25.7 Å². The van der Waals surface area contributed by atoms with Crippen molar-refractivity contribution in [1.82, 2.24) is 10.1 Å². The van der Waals surface area contributed by atoms with E-state index in [9.17, 15) is 0 Å². The van der Waals surface area contributed by atoms with E-state index in [-0.39, 0.29) is 0 Å². The summed E-state index contributed by atoms with van der Waals surface area (Å²) in [6.07, 6.45) is 3.44. The average Bonchev–Trinajstić information content (AvgIpc) is 2.91. The highest BCUT2D eigenvalue weighted by Gasteiger charge is 2.34. The third kappa shape index (κ3) is 3.76. The van der Waals surface area contributed by atoms with Crippen LogP contribution in [0.5, 0.6) is 0 Å². The largest absolute Gasteiger partial charge is 0.367 e. The van der Waals surface area contributed by atoms with Crippen LogP contribution >= 0.6 is 0 Å². The van der Waals surface area contributed by atoms with Gasteiger partial charge in [0, 0.05) is 13.0 Å². The van der Waals surface area contributed by atoms with Crippen molar-refractivity contribution < 1.29 is 9.26 Å². The van der Waals surface area contributed by atoms with Gasteiger partial charge in [0.1, 0.15) is 5.60 Å². The maximum absolute atomic E-state index is 5.88.